The van der Waals surface area contributed by atoms with Crippen LogP contribution in [0.15, 0.2) is 22.6 Å². The Hall–Kier alpha value is -2.50. The van der Waals surface area contributed by atoms with Crippen LogP contribution in [-0.2, 0) is 6.42 Å². The van der Waals surface area contributed by atoms with Crippen LogP contribution in [0.2, 0.25) is 0 Å². The number of carboxylic acids is 1. The van der Waals surface area contributed by atoms with E-state index in [0.29, 0.717) is 5.56 Å². The van der Waals surface area contributed by atoms with Crippen molar-refractivity contribution in [1.29, 1.82) is 0 Å². The first kappa shape index (κ1) is 12.9. The maximum Gasteiger partial charge on any atom is 0.358 e. The third-order valence-corrected chi connectivity index (χ3v) is 2.77. The van der Waals surface area contributed by atoms with Gasteiger partial charge in [0.05, 0.1) is 7.11 Å². The quantitative estimate of drug-likeness (QED) is 0.876. The molecule has 2 rings (SSSR count). The lowest BCUT2D eigenvalue weighted by molar-refractivity contribution is 0.0691. The topological polar surface area (TPSA) is 98.6 Å². The van der Waals surface area contributed by atoms with Crippen molar-refractivity contribution >= 4 is 12.0 Å². The maximum atomic E-state index is 11.1. The zero-order valence-corrected chi connectivity index (χ0v) is 10.6. The third kappa shape index (κ3) is 2.37. The van der Waals surface area contributed by atoms with Gasteiger partial charge >= 0.3 is 5.97 Å². The molecule has 0 bridgehead atoms. The number of aromatic nitrogens is 1. The van der Waals surface area contributed by atoms with Gasteiger partial charge in [0.15, 0.2) is 11.5 Å². The Kier molecular flexibility index (Phi) is 3.41. The Morgan fingerprint density at radius 3 is 2.84 bits per heavy atom. The van der Waals surface area contributed by atoms with E-state index < -0.39 is 5.97 Å². The number of benzene rings is 1. The molecule has 0 atom stereocenters. The van der Waals surface area contributed by atoms with Gasteiger partial charge in [-0.05, 0) is 30.2 Å². The number of aromatic carboxylic acids is 1. The van der Waals surface area contributed by atoms with Gasteiger partial charge < -0.3 is 20.0 Å². The zero-order valence-electron chi connectivity index (χ0n) is 10.6. The van der Waals surface area contributed by atoms with Crippen LogP contribution in [0.3, 0.4) is 0 Å². The molecule has 3 N–H and O–H groups in total. The number of nitrogen functional groups attached to an aromatic ring is 1. The first-order valence-electron chi connectivity index (χ1n) is 5.73. The highest BCUT2D eigenvalue weighted by atomic mass is 16.5. The third-order valence-electron chi connectivity index (χ3n) is 2.77. The molecule has 6 heteroatoms. The molecule has 0 spiro atoms. The average Bonchev–Trinajstić information content (AvgIpc) is 2.80. The number of nitrogens with zero attached hydrogens (tertiary/aromatic N) is 1. The highest BCUT2D eigenvalue weighted by Gasteiger charge is 2.20. The fourth-order valence-electron chi connectivity index (χ4n) is 1.87. The fraction of sp³-hybridized carbons (Fsp3) is 0.231. The number of carboxylic acid groups (broad SMARTS) is 1. The molecule has 100 valence electrons. The van der Waals surface area contributed by atoms with Crippen LogP contribution in [-0.4, -0.2) is 23.2 Å². The molecule has 0 saturated heterocycles. The predicted octanol–water partition coefficient (Wildman–Crippen LogP) is 2.19. The molecule has 1 aromatic heterocycles. The average molecular weight is 262 g/mol. The summed E-state index contributed by atoms with van der Waals surface area (Å²) >= 11 is 0. The SMILES string of the molecule is CCc1cc(-c2oc(N)nc2C(=O)O)ccc1OC. The lowest BCUT2D eigenvalue weighted by atomic mass is 10.0. The van der Waals surface area contributed by atoms with Crippen molar-refractivity contribution in [2.24, 2.45) is 0 Å². The normalized spacial score (nSPS) is 10.4. The largest absolute Gasteiger partial charge is 0.496 e. The van der Waals surface area contributed by atoms with Gasteiger partial charge in [-0.1, -0.05) is 6.92 Å². The number of nitrogens with two attached hydrogens (primary N) is 1. The van der Waals surface area contributed by atoms with Crippen LogP contribution < -0.4 is 10.5 Å². The first-order valence-corrected chi connectivity index (χ1v) is 5.73. The summed E-state index contributed by atoms with van der Waals surface area (Å²) in [6, 6.07) is 5.12. The smallest absolute Gasteiger partial charge is 0.358 e. The Bertz CT molecular complexity index is 619. The molecule has 1 heterocycles. The summed E-state index contributed by atoms with van der Waals surface area (Å²) in [6.45, 7) is 1.98. The molecular weight excluding hydrogens is 248 g/mol. The van der Waals surface area contributed by atoms with E-state index >= 15 is 0 Å². The number of carbonyl (C=O) groups is 1. The molecule has 2 aromatic rings. The molecule has 0 saturated carbocycles. The Balaban J connectivity index is 2.56. The van der Waals surface area contributed by atoms with E-state index in [9.17, 15) is 4.79 Å². The molecule has 0 amide bonds. The molecule has 0 radical (unpaired) electrons. The zero-order chi connectivity index (χ0) is 14.0. The summed E-state index contributed by atoms with van der Waals surface area (Å²) in [6.07, 6.45) is 0.753. The lowest BCUT2D eigenvalue weighted by Gasteiger charge is -2.08. The molecule has 19 heavy (non-hydrogen) atoms. The number of hydrogen-bond donors (Lipinski definition) is 2. The molecule has 0 aliphatic carbocycles. The number of oxazole rings is 1. The number of hydrogen-bond acceptors (Lipinski definition) is 5. The van der Waals surface area contributed by atoms with Gasteiger partial charge in [-0.3, -0.25) is 0 Å². The Morgan fingerprint density at radius 2 is 2.26 bits per heavy atom. The van der Waals surface area contributed by atoms with Crippen LogP contribution in [0.25, 0.3) is 11.3 Å². The summed E-state index contributed by atoms with van der Waals surface area (Å²) < 4.78 is 10.4. The van der Waals surface area contributed by atoms with E-state index in [2.05, 4.69) is 4.98 Å². The van der Waals surface area contributed by atoms with Crippen LogP contribution >= 0.6 is 0 Å². The maximum absolute atomic E-state index is 11.1. The highest BCUT2D eigenvalue weighted by Crippen LogP contribution is 2.30. The van der Waals surface area contributed by atoms with Crippen molar-refractivity contribution in [3.8, 4) is 17.1 Å². The number of methoxy groups -OCH3 is 1. The van der Waals surface area contributed by atoms with Gasteiger partial charge in [-0.2, -0.15) is 4.98 Å². The van der Waals surface area contributed by atoms with E-state index in [1.54, 1.807) is 19.2 Å². The van der Waals surface area contributed by atoms with Gasteiger partial charge in [0.2, 0.25) is 0 Å². The van der Waals surface area contributed by atoms with E-state index in [1.165, 1.54) is 0 Å². The van der Waals surface area contributed by atoms with Gasteiger partial charge in [0.1, 0.15) is 5.75 Å². The predicted molar refractivity (Wildman–Crippen MR) is 69.2 cm³/mol. The minimum absolute atomic E-state index is 0.155. The van der Waals surface area contributed by atoms with Crippen molar-refractivity contribution in [3.63, 3.8) is 0 Å². The standard InChI is InChI=1S/C13H14N2O4/c1-3-7-6-8(4-5-9(7)18-2)11-10(12(16)17)15-13(14)19-11/h4-6H,3H2,1-2H3,(H2,14,15)(H,16,17). The summed E-state index contributed by atoms with van der Waals surface area (Å²) in [5.74, 6) is -0.276. The summed E-state index contributed by atoms with van der Waals surface area (Å²) in [4.78, 5) is 14.7. The van der Waals surface area contributed by atoms with Crippen LogP contribution in [0.4, 0.5) is 6.01 Å². The summed E-state index contributed by atoms with van der Waals surface area (Å²) in [5.41, 5.74) is 6.79. The van der Waals surface area contributed by atoms with Crippen LogP contribution in [0.1, 0.15) is 23.0 Å². The van der Waals surface area contributed by atoms with Crippen molar-refractivity contribution in [1.82, 2.24) is 4.98 Å². The molecule has 0 aliphatic heterocycles. The minimum Gasteiger partial charge on any atom is -0.496 e. The van der Waals surface area contributed by atoms with Crippen molar-refractivity contribution in [2.45, 2.75) is 13.3 Å². The van der Waals surface area contributed by atoms with Crippen molar-refractivity contribution in [2.75, 3.05) is 12.8 Å². The van der Waals surface area contributed by atoms with Gasteiger partial charge in [-0.25, -0.2) is 4.79 Å². The molecule has 0 aliphatic rings. The van der Waals surface area contributed by atoms with Crippen LogP contribution in [0.5, 0.6) is 5.75 Å². The van der Waals surface area contributed by atoms with Crippen molar-refractivity contribution in [3.05, 3.63) is 29.5 Å². The Labute approximate surface area is 109 Å². The van der Waals surface area contributed by atoms with E-state index in [-0.39, 0.29) is 17.5 Å². The first-order chi connectivity index (χ1) is 9.06. The Morgan fingerprint density at radius 1 is 1.53 bits per heavy atom. The van der Waals surface area contributed by atoms with Gasteiger partial charge in [0, 0.05) is 5.56 Å². The lowest BCUT2D eigenvalue weighted by Crippen LogP contribution is -1.99. The minimum atomic E-state index is -1.18. The van der Waals surface area contributed by atoms with Crippen LogP contribution in [0, 0.1) is 0 Å². The van der Waals surface area contributed by atoms with E-state index in [4.69, 9.17) is 20.0 Å². The summed E-state index contributed by atoms with van der Waals surface area (Å²) in [7, 11) is 1.59. The van der Waals surface area contributed by atoms with E-state index in [0.717, 1.165) is 17.7 Å². The summed E-state index contributed by atoms with van der Waals surface area (Å²) in [5, 5.41) is 9.06. The second-order valence-corrected chi connectivity index (χ2v) is 3.92. The second kappa shape index (κ2) is 5.01. The van der Waals surface area contributed by atoms with Gasteiger partial charge in [0.25, 0.3) is 6.01 Å². The monoisotopic (exact) mass is 262 g/mol. The second-order valence-electron chi connectivity index (χ2n) is 3.92. The van der Waals surface area contributed by atoms with Gasteiger partial charge in [-0.15, -0.1) is 0 Å². The fourth-order valence-corrected chi connectivity index (χ4v) is 1.87. The number of anilines is 1. The highest BCUT2D eigenvalue weighted by molar-refractivity contribution is 5.92. The number of aryl methyl sites for hydroxylation is 1. The molecule has 0 unspecified atom stereocenters. The molecule has 6 nitrogen and oxygen atoms in total. The molecule has 1 aromatic carbocycles. The number of rotatable bonds is 4. The van der Waals surface area contributed by atoms with Crippen molar-refractivity contribution < 1.29 is 19.1 Å². The number of ether oxygens (including phenoxy) is 1. The molecule has 0 fully saturated rings. The van der Waals surface area contributed by atoms with E-state index in [1.807, 2.05) is 13.0 Å². The molecular formula is C13H14N2O4.